The van der Waals surface area contributed by atoms with Gasteiger partial charge in [0, 0.05) is 24.0 Å². The Bertz CT molecular complexity index is 1440. The van der Waals surface area contributed by atoms with Crippen LogP contribution < -0.4 is 15.1 Å². The van der Waals surface area contributed by atoms with Gasteiger partial charge in [-0.2, -0.15) is 5.26 Å². The molecule has 1 N–H and O–H groups in total. The van der Waals surface area contributed by atoms with Crippen molar-refractivity contribution in [3.63, 3.8) is 0 Å². The number of aliphatic imine (C=N–C) groups is 1. The minimum Gasteiger partial charge on any atom is -0.355 e. The van der Waals surface area contributed by atoms with Crippen LogP contribution in [-0.4, -0.2) is 34.8 Å². The molecular weight excluding hydrogens is 414 g/mol. The molecule has 0 radical (unpaired) electrons. The zero-order valence-corrected chi connectivity index (χ0v) is 18.9. The summed E-state index contributed by atoms with van der Waals surface area (Å²) in [7, 11) is 0. The van der Waals surface area contributed by atoms with Crippen LogP contribution in [0.5, 0.6) is 0 Å². The molecule has 0 aliphatic carbocycles. The lowest BCUT2D eigenvalue weighted by molar-refractivity contribution is -0.116. The van der Waals surface area contributed by atoms with Crippen LogP contribution in [0.3, 0.4) is 0 Å². The Balaban J connectivity index is 1.67. The lowest BCUT2D eigenvalue weighted by Crippen LogP contribution is -2.23. The van der Waals surface area contributed by atoms with E-state index in [2.05, 4.69) is 21.3 Å². The molecule has 6 rings (SSSR count). The van der Waals surface area contributed by atoms with Crippen molar-refractivity contribution in [2.24, 2.45) is 4.99 Å². The third-order valence-corrected chi connectivity index (χ3v) is 6.81. The van der Waals surface area contributed by atoms with Gasteiger partial charge in [-0.1, -0.05) is 6.07 Å². The summed E-state index contributed by atoms with van der Waals surface area (Å²) in [6.45, 7) is 7.68. The highest BCUT2D eigenvalue weighted by atomic mass is 16.2. The normalized spacial score (nSPS) is 16.7. The van der Waals surface area contributed by atoms with Gasteiger partial charge in [-0.15, -0.1) is 0 Å². The van der Waals surface area contributed by atoms with E-state index in [-0.39, 0.29) is 12.3 Å². The quantitative estimate of drug-likeness (QED) is 0.638. The number of fused-ring (bicyclic) bond motifs is 2. The first-order chi connectivity index (χ1) is 16.0. The van der Waals surface area contributed by atoms with E-state index in [1.54, 1.807) is 4.90 Å². The van der Waals surface area contributed by atoms with Gasteiger partial charge >= 0.3 is 0 Å². The average molecular weight is 438 g/mol. The van der Waals surface area contributed by atoms with Gasteiger partial charge in [0.05, 0.1) is 17.5 Å². The van der Waals surface area contributed by atoms with Crippen molar-refractivity contribution in [2.75, 3.05) is 28.2 Å². The zero-order valence-electron chi connectivity index (χ0n) is 18.9. The number of aromatic nitrogens is 2. The SMILES string of the molecule is CC1=Nc2nc(N3CCCC3)c(C#N)c3c4c(nc(c23)N1)N(c1ccc(C)c(C)c1)C(=O)C4. The summed E-state index contributed by atoms with van der Waals surface area (Å²) in [5.41, 5.74) is 4.33. The summed E-state index contributed by atoms with van der Waals surface area (Å²) in [4.78, 5) is 31.5. The molecule has 1 saturated heterocycles. The van der Waals surface area contributed by atoms with Crippen LogP contribution in [0.15, 0.2) is 23.2 Å². The molecule has 3 aliphatic rings. The van der Waals surface area contributed by atoms with Crippen LogP contribution in [0.25, 0.3) is 10.8 Å². The molecule has 1 fully saturated rings. The molecule has 5 heterocycles. The van der Waals surface area contributed by atoms with Crippen LogP contribution in [0.1, 0.15) is 42.0 Å². The number of anilines is 4. The van der Waals surface area contributed by atoms with Gasteiger partial charge in [-0.05, 0) is 56.9 Å². The number of nitrogens with one attached hydrogen (secondary N) is 1. The predicted octanol–water partition coefficient (Wildman–Crippen LogP) is 4.41. The maximum absolute atomic E-state index is 13.3. The number of rotatable bonds is 2. The maximum Gasteiger partial charge on any atom is 0.237 e. The third kappa shape index (κ3) is 2.82. The van der Waals surface area contributed by atoms with E-state index in [1.807, 2.05) is 39.0 Å². The Morgan fingerprint density at radius 2 is 1.82 bits per heavy atom. The van der Waals surface area contributed by atoms with Gasteiger partial charge in [0.2, 0.25) is 5.91 Å². The molecule has 0 atom stereocenters. The Labute approximate surface area is 191 Å². The van der Waals surface area contributed by atoms with Gasteiger partial charge in [0.25, 0.3) is 0 Å². The molecule has 8 nitrogen and oxygen atoms in total. The smallest absolute Gasteiger partial charge is 0.237 e. The van der Waals surface area contributed by atoms with Gasteiger partial charge in [-0.25, -0.2) is 15.0 Å². The molecule has 3 aromatic rings. The number of aryl methyl sites for hydroxylation is 2. The Morgan fingerprint density at radius 3 is 2.55 bits per heavy atom. The molecule has 8 heteroatoms. The van der Waals surface area contributed by atoms with Gasteiger partial charge < -0.3 is 10.2 Å². The van der Waals surface area contributed by atoms with Crippen molar-refractivity contribution >= 4 is 51.5 Å². The molecular formula is C25H23N7O. The number of hydrogen-bond donors (Lipinski definition) is 1. The molecule has 0 unspecified atom stereocenters. The Morgan fingerprint density at radius 1 is 1.03 bits per heavy atom. The monoisotopic (exact) mass is 437 g/mol. The largest absolute Gasteiger partial charge is 0.355 e. The number of nitriles is 1. The number of carbonyl (C=O) groups is 1. The number of carbonyl (C=O) groups excluding carboxylic acids is 1. The summed E-state index contributed by atoms with van der Waals surface area (Å²) < 4.78 is 0. The van der Waals surface area contributed by atoms with Crippen LogP contribution >= 0.6 is 0 Å². The number of benzene rings is 1. The molecule has 0 saturated carbocycles. The maximum atomic E-state index is 13.3. The zero-order chi connectivity index (χ0) is 22.9. The van der Waals surface area contributed by atoms with Crippen LogP contribution in [0.2, 0.25) is 0 Å². The van der Waals surface area contributed by atoms with Crippen LogP contribution in [-0.2, 0) is 11.2 Å². The van der Waals surface area contributed by atoms with Crippen molar-refractivity contribution in [3.05, 3.63) is 40.5 Å². The minimum absolute atomic E-state index is 0.0546. The Kier molecular flexibility index (Phi) is 4.18. The molecule has 164 valence electrons. The first-order valence-corrected chi connectivity index (χ1v) is 11.2. The van der Waals surface area contributed by atoms with E-state index in [0.29, 0.717) is 40.1 Å². The first-order valence-electron chi connectivity index (χ1n) is 11.2. The molecule has 33 heavy (non-hydrogen) atoms. The van der Waals surface area contributed by atoms with E-state index in [0.717, 1.165) is 48.1 Å². The molecule has 1 amide bonds. The second-order valence-electron chi connectivity index (χ2n) is 8.95. The number of pyridine rings is 2. The van der Waals surface area contributed by atoms with Crippen molar-refractivity contribution < 1.29 is 4.79 Å². The second kappa shape index (κ2) is 7.01. The summed E-state index contributed by atoms with van der Waals surface area (Å²) >= 11 is 0. The van der Waals surface area contributed by atoms with Gasteiger partial charge in [0.1, 0.15) is 34.9 Å². The highest BCUT2D eigenvalue weighted by molar-refractivity contribution is 6.19. The highest BCUT2D eigenvalue weighted by Crippen LogP contribution is 2.47. The average Bonchev–Trinajstić information content (AvgIpc) is 3.43. The molecule has 0 bridgehead atoms. The summed E-state index contributed by atoms with van der Waals surface area (Å²) in [5.74, 6) is 3.02. The topological polar surface area (TPSA) is 97.5 Å². The number of hydrogen-bond acceptors (Lipinski definition) is 7. The summed E-state index contributed by atoms with van der Waals surface area (Å²) in [5, 5.41) is 15.0. The standard InChI is InChI=1S/C25H23N7O/c1-13-6-7-16(10-14(13)2)32-19(33)11-17-20-18(12-26)24(31-8-4-5-9-31)29-22-21(20)23(30-25(17)32)28-15(3)27-22/h6-7,10H,4-5,8-9,11H2,1-3H3,(H,27,28,29,30). The van der Waals surface area contributed by atoms with Crippen LogP contribution in [0, 0.1) is 25.2 Å². The summed E-state index contributed by atoms with van der Waals surface area (Å²) in [6.07, 6.45) is 2.33. The van der Waals surface area contributed by atoms with E-state index in [4.69, 9.17) is 9.97 Å². The van der Waals surface area contributed by atoms with Crippen molar-refractivity contribution in [1.82, 2.24) is 9.97 Å². The second-order valence-corrected chi connectivity index (χ2v) is 8.95. The first kappa shape index (κ1) is 19.7. The predicted molar refractivity (Wildman–Crippen MR) is 129 cm³/mol. The number of nitrogens with zero attached hydrogens (tertiary/aromatic N) is 6. The molecule has 1 aromatic carbocycles. The fourth-order valence-electron chi connectivity index (χ4n) is 5.05. The Hall–Kier alpha value is -3.99. The van der Waals surface area contributed by atoms with Crippen LogP contribution in [0.4, 0.5) is 29.0 Å². The van der Waals surface area contributed by atoms with Gasteiger partial charge in [0.15, 0.2) is 5.82 Å². The fraction of sp³-hybridized carbons (Fsp3) is 0.320. The number of amides is 1. The number of amidine groups is 1. The van der Waals surface area contributed by atoms with Crippen molar-refractivity contribution in [1.29, 1.82) is 5.26 Å². The molecule has 0 spiro atoms. The highest BCUT2D eigenvalue weighted by Gasteiger charge is 2.37. The van der Waals surface area contributed by atoms with Crippen molar-refractivity contribution in [3.8, 4) is 6.07 Å². The lowest BCUT2D eigenvalue weighted by Gasteiger charge is -2.24. The van der Waals surface area contributed by atoms with Gasteiger partial charge in [-0.3, -0.25) is 9.69 Å². The van der Waals surface area contributed by atoms with E-state index in [9.17, 15) is 10.1 Å². The third-order valence-electron chi connectivity index (χ3n) is 6.81. The van der Waals surface area contributed by atoms with E-state index in [1.165, 1.54) is 5.56 Å². The fourth-order valence-corrected chi connectivity index (χ4v) is 5.05. The molecule has 2 aromatic heterocycles. The van der Waals surface area contributed by atoms with Crippen molar-refractivity contribution in [2.45, 2.75) is 40.0 Å². The van der Waals surface area contributed by atoms with E-state index < -0.39 is 0 Å². The molecule has 3 aliphatic heterocycles. The van der Waals surface area contributed by atoms with E-state index >= 15 is 0 Å². The summed E-state index contributed by atoms with van der Waals surface area (Å²) in [6, 6.07) is 8.39. The minimum atomic E-state index is -0.0546. The lowest BCUT2D eigenvalue weighted by atomic mass is 10.00.